The van der Waals surface area contributed by atoms with Crippen molar-refractivity contribution < 1.29 is 19.1 Å². The lowest BCUT2D eigenvalue weighted by Crippen LogP contribution is -2.37. The van der Waals surface area contributed by atoms with Gasteiger partial charge in [-0.3, -0.25) is 9.59 Å². The fraction of sp³-hybridized carbons (Fsp3) is 0.250. The van der Waals surface area contributed by atoms with Crippen LogP contribution in [-0.2, 0) is 6.54 Å². The van der Waals surface area contributed by atoms with Gasteiger partial charge in [0.15, 0.2) is 11.5 Å². The molecule has 13 heteroatoms. The Balaban J connectivity index is 1.06. The first-order chi connectivity index (χ1) is 23.7. The first-order valence-corrected chi connectivity index (χ1v) is 17.4. The van der Waals surface area contributed by atoms with Crippen LogP contribution in [0, 0.1) is 12.8 Å². The van der Waals surface area contributed by atoms with Gasteiger partial charge in [0.25, 0.3) is 11.1 Å². The molecule has 2 unspecified atom stereocenters. The summed E-state index contributed by atoms with van der Waals surface area (Å²) < 4.78 is 15.4. The number of pyridine rings is 1. The van der Waals surface area contributed by atoms with Gasteiger partial charge in [-0.15, -0.1) is 0 Å². The number of nitrogens with one attached hydrogen (secondary N) is 2. The van der Waals surface area contributed by atoms with Crippen LogP contribution in [0.3, 0.4) is 0 Å². The maximum atomic E-state index is 13.3. The third kappa shape index (κ3) is 6.34. The highest BCUT2D eigenvalue weighted by Crippen LogP contribution is 2.37. The smallest absolute Gasteiger partial charge is 0.338 e. The second-order valence-electron chi connectivity index (χ2n) is 12.3. The summed E-state index contributed by atoms with van der Waals surface area (Å²) in [4.78, 5) is 57.1. The predicted octanol–water partition coefficient (Wildman–Crippen LogP) is 6.41. The molecular formula is C36H33N5O6S2. The summed E-state index contributed by atoms with van der Waals surface area (Å²) in [5.74, 6) is 0.913. The molecule has 2 amide bonds. The number of fused-ring (bicyclic) bond motifs is 3. The first-order valence-electron chi connectivity index (χ1n) is 15.8. The Kier molecular flexibility index (Phi) is 8.78. The zero-order chi connectivity index (χ0) is 34.2. The molecule has 0 saturated carbocycles. The molecule has 0 radical (unpaired) electrons. The molecule has 2 N–H and O–H groups in total. The van der Waals surface area contributed by atoms with Crippen LogP contribution in [0.5, 0.6) is 11.5 Å². The molecular weight excluding hydrogens is 663 g/mol. The van der Waals surface area contributed by atoms with Gasteiger partial charge in [0.05, 0.1) is 40.6 Å². The van der Waals surface area contributed by atoms with Crippen molar-refractivity contribution in [3.8, 4) is 11.5 Å². The lowest BCUT2D eigenvalue weighted by molar-refractivity contribution is 0.236. The van der Waals surface area contributed by atoms with Gasteiger partial charge < -0.3 is 20.1 Å². The van der Waals surface area contributed by atoms with Crippen LogP contribution >= 0.6 is 23.1 Å². The van der Waals surface area contributed by atoms with E-state index in [2.05, 4.69) is 15.6 Å². The summed E-state index contributed by atoms with van der Waals surface area (Å²) in [5.41, 5.74) is 2.94. The Hall–Kier alpha value is -5.27. The fourth-order valence-electron chi connectivity index (χ4n) is 5.88. The SMILES string of the molecule is Cc1ccccc1CNC(=O)n1sc2ccc(C3COc4ccc(C(NC(=O)n5sc6ncccc6c5=O)C(C)C)cc4OC3)cc2c1=O. The number of carbonyl (C=O) groups excluding carboxylic acids is 2. The lowest BCUT2D eigenvalue weighted by Gasteiger charge is -2.23. The highest BCUT2D eigenvalue weighted by atomic mass is 32.1. The molecule has 49 heavy (non-hydrogen) atoms. The molecule has 0 fully saturated rings. The Morgan fingerprint density at radius 2 is 1.63 bits per heavy atom. The summed E-state index contributed by atoms with van der Waals surface area (Å²) in [6.45, 7) is 6.89. The van der Waals surface area contributed by atoms with Crippen LogP contribution in [0.2, 0.25) is 0 Å². The number of nitrogens with zero attached hydrogens (tertiary/aromatic N) is 3. The molecule has 0 saturated heterocycles. The molecule has 11 nitrogen and oxygen atoms in total. The minimum Gasteiger partial charge on any atom is -0.489 e. The molecule has 7 rings (SSSR count). The standard InChI is InChI=1S/C36H33N5O6S2/c1-20(2)31(39-36(45)41-33(42)26-9-6-14-37-32(26)49-41)23-10-12-28-29(16-23)47-19-25(18-46-28)22-11-13-30-27(15-22)34(43)40(48-30)35(44)38-17-24-8-5-4-7-21(24)3/h4-16,20,25,31H,17-19H2,1-3H3,(H,38,44)(H,39,45). The van der Waals surface area contributed by atoms with Crippen molar-refractivity contribution in [2.45, 2.75) is 39.3 Å². The van der Waals surface area contributed by atoms with E-state index in [1.807, 2.05) is 81.4 Å². The zero-order valence-corrected chi connectivity index (χ0v) is 28.6. The molecule has 4 heterocycles. The minimum absolute atomic E-state index is 0.00410. The van der Waals surface area contributed by atoms with Gasteiger partial charge in [-0.2, -0.15) is 7.91 Å². The highest BCUT2D eigenvalue weighted by molar-refractivity contribution is 7.15. The van der Waals surface area contributed by atoms with Crippen molar-refractivity contribution >= 4 is 55.4 Å². The quantitative estimate of drug-likeness (QED) is 0.206. The monoisotopic (exact) mass is 695 g/mol. The van der Waals surface area contributed by atoms with E-state index in [1.165, 1.54) is 0 Å². The number of ether oxygens (including phenoxy) is 2. The minimum atomic E-state index is -0.523. The van der Waals surface area contributed by atoms with Crippen molar-refractivity contribution in [1.82, 2.24) is 23.5 Å². The molecule has 0 bridgehead atoms. The van der Waals surface area contributed by atoms with Crippen LogP contribution in [0.1, 0.15) is 48.1 Å². The van der Waals surface area contributed by atoms with E-state index in [0.29, 0.717) is 51.6 Å². The number of aryl methyl sites for hydroxylation is 1. The molecule has 1 aliphatic heterocycles. The van der Waals surface area contributed by atoms with Crippen molar-refractivity contribution in [3.63, 3.8) is 0 Å². The second kappa shape index (κ2) is 13.3. The third-order valence-corrected chi connectivity index (χ3v) is 10.7. The van der Waals surface area contributed by atoms with E-state index >= 15 is 0 Å². The van der Waals surface area contributed by atoms with Gasteiger partial charge in [0.1, 0.15) is 4.83 Å². The summed E-state index contributed by atoms with van der Waals surface area (Å²) in [5, 5.41) is 6.72. The van der Waals surface area contributed by atoms with Crippen LogP contribution in [-0.4, -0.2) is 38.2 Å². The molecule has 3 aromatic heterocycles. The van der Waals surface area contributed by atoms with Crippen molar-refractivity contribution in [3.05, 3.63) is 122 Å². The van der Waals surface area contributed by atoms with E-state index in [0.717, 1.165) is 53.2 Å². The highest BCUT2D eigenvalue weighted by Gasteiger charge is 2.26. The number of amides is 2. The number of rotatable bonds is 6. The molecule has 2 atom stereocenters. The Bertz CT molecular complexity index is 2340. The van der Waals surface area contributed by atoms with Crippen LogP contribution in [0.15, 0.2) is 88.6 Å². The Labute approximate surface area is 289 Å². The first kappa shape index (κ1) is 32.3. The maximum Gasteiger partial charge on any atom is 0.338 e. The molecule has 1 aliphatic rings. The molecule has 0 spiro atoms. The van der Waals surface area contributed by atoms with Gasteiger partial charge in [0, 0.05) is 12.7 Å². The third-order valence-electron chi connectivity index (χ3n) is 8.66. The predicted molar refractivity (Wildman–Crippen MR) is 190 cm³/mol. The Morgan fingerprint density at radius 3 is 2.41 bits per heavy atom. The van der Waals surface area contributed by atoms with Crippen LogP contribution < -0.4 is 31.2 Å². The zero-order valence-electron chi connectivity index (χ0n) is 27.0. The average molecular weight is 696 g/mol. The van der Waals surface area contributed by atoms with Gasteiger partial charge in [-0.05, 0) is 94.6 Å². The van der Waals surface area contributed by atoms with Gasteiger partial charge >= 0.3 is 12.1 Å². The van der Waals surface area contributed by atoms with Crippen molar-refractivity contribution in [1.29, 1.82) is 0 Å². The van der Waals surface area contributed by atoms with Crippen LogP contribution in [0.25, 0.3) is 20.3 Å². The molecule has 6 aromatic rings. The second-order valence-corrected chi connectivity index (χ2v) is 14.2. The molecule has 250 valence electrons. The van der Waals surface area contributed by atoms with Crippen molar-refractivity contribution in [2.24, 2.45) is 5.92 Å². The summed E-state index contributed by atoms with van der Waals surface area (Å²) in [7, 11) is 0. The topological polar surface area (TPSA) is 134 Å². The van der Waals surface area contributed by atoms with Crippen LogP contribution in [0.4, 0.5) is 9.59 Å². The van der Waals surface area contributed by atoms with E-state index in [-0.39, 0.29) is 17.4 Å². The van der Waals surface area contributed by atoms with E-state index in [1.54, 1.807) is 18.3 Å². The van der Waals surface area contributed by atoms with Gasteiger partial charge in [-0.25, -0.2) is 14.6 Å². The van der Waals surface area contributed by atoms with E-state index in [9.17, 15) is 19.2 Å². The largest absolute Gasteiger partial charge is 0.489 e. The number of carbonyl (C=O) groups is 2. The summed E-state index contributed by atoms with van der Waals surface area (Å²) in [6.07, 6.45) is 1.59. The summed E-state index contributed by atoms with van der Waals surface area (Å²) >= 11 is 2.12. The Morgan fingerprint density at radius 1 is 0.878 bits per heavy atom. The van der Waals surface area contributed by atoms with Gasteiger partial charge in [-0.1, -0.05) is 50.2 Å². The van der Waals surface area contributed by atoms with Crippen molar-refractivity contribution in [2.75, 3.05) is 13.2 Å². The van der Waals surface area contributed by atoms with Gasteiger partial charge in [0.2, 0.25) is 0 Å². The summed E-state index contributed by atoms with van der Waals surface area (Å²) in [6, 6.07) is 20.9. The number of benzene rings is 3. The fourth-order valence-corrected chi connectivity index (χ4v) is 7.63. The number of aromatic nitrogens is 3. The normalized spacial score (nSPS) is 14.9. The molecule has 3 aromatic carbocycles. The molecule has 0 aliphatic carbocycles. The average Bonchev–Trinajstić information content (AvgIpc) is 3.53. The van der Waals surface area contributed by atoms with E-state index < -0.39 is 23.7 Å². The number of hydrogen-bond acceptors (Lipinski definition) is 9. The maximum absolute atomic E-state index is 13.3. The van der Waals surface area contributed by atoms with E-state index in [4.69, 9.17) is 9.47 Å². The number of hydrogen-bond donors (Lipinski definition) is 2. The lowest BCUT2D eigenvalue weighted by atomic mass is 9.96.